The molecule has 1 unspecified atom stereocenters. The molecule has 2 aliphatic rings. The molecule has 0 spiro atoms. The van der Waals surface area contributed by atoms with E-state index in [9.17, 15) is 14.4 Å². The van der Waals surface area contributed by atoms with E-state index in [2.05, 4.69) is 5.32 Å². The van der Waals surface area contributed by atoms with Gasteiger partial charge in [-0.1, -0.05) is 30.3 Å². The van der Waals surface area contributed by atoms with Gasteiger partial charge in [0.25, 0.3) is 0 Å². The number of ether oxygens (including phenoxy) is 1. The van der Waals surface area contributed by atoms with Crippen LogP contribution >= 0.6 is 0 Å². The first-order valence-electron chi connectivity index (χ1n) is 9.54. The monoisotopic (exact) mass is 373 g/mol. The van der Waals surface area contributed by atoms with E-state index in [1.165, 1.54) is 0 Å². The fourth-order valence-electron chi connectivity index (χ4n) is 3.68. The lowest BCUT2D eigenvalue weighted by Crippen LogP contribution is -2.48. The number of alkyl carbamates (subject to hydrolysis) is 1. The molecule has 1 atom stereocenters. The Balaban J connectivity index is 1.38. The average molecular weight is 373 g/mol. The Hall–Kier alpha value is -2.57. The van der Waals surface area contributed by atoms with Crippen molar-refractivity contribution in [2.45, 2.75) is 38.8 Å². The highest BCUT2D eigenvalue weighted by atomic mass is 16.5. The Kier molecular flexibility index (Phi) is 6.32. The highest BCUT2D eigenvalue weighted by molar-refractivity contribution is 5.81. The third-order valence-corrected chi connectivity index (χ3v) is 5.32. The van der Waals surface area contributed by atoms with Gasteiger partial charge in [-0.05, 0) is 24.8 Å². The summed E-state index contributed by atoms with van der Waals surface area (Å²) in [7, 11) is 0. The number of nitrogens with zero attached hydrogens (tertiary/aromatic N) is 2. The SMILES string of the molecule is CC(=O)N1CCC(C(=O)N2CCC(NC(=O)OCc3ccccc3)CC2)C1. The maximum absolute atomic E-state index is 12.6. The van der Waals surface area contributed by atoms with Gasteiger partial charge in [0, 0.05) is 39.1 Å². The Morgan fingerprint density at radius 3 is 2.33 bits per heavy atom. The third kappa shape index (κ3) is 5.21. The maximum atomic E-state index is 12.6. The van der Waals surface area contributed by atoms with E-state index in [0.717, 1.165) is 24.8 Å². The van der Waals surface area contributed by atoms with E-state index in [0.29, 0.717) is 26.2 Å². The third-order valence-electron chi connectivity index (χ3n) is 5.32. The normalized spacial score (nSPS) is 20.4. The molecule has 27 heavy (non-hydrogen) atoms. The first kappa shape index (κ1) is 19.2. The van der Waals surface area contributed by atoms with Gasteiger partial charge in [0.2, 0.25) is 11.8 Å². The quantitative estimate of drug-likeness (QED) is 0.872. The second-order valence-corrected chi connectivity index (χ2v) is 7.26. The van der Waals surface area contributed by atoms with Gasteiger partial charge in [-0.2, -0.15) is 0 Å². The Morgan fingerprint density at radius 2 is 1.70 bits per heavy atom. The fourth-order valence-corrected chi connectivity index (χ4v) is 3.68. The largest absolute Gasteiger partial charge is 0.445 e. The van der Waals surface area contributed by atoms with Crippen molar-refractivity contribution in [2.24, 2.45) is 5.92 Å². The Morgan fingerprint density at radius 1 is 1.04 bits per heavy atom. The molecule has 2 aliphatic heterocycles. The molecule has 0 aromatic heterocycles. The summed E-state index contributed by atoms with van der Waals surface area (Å²) in [5.41, 5.74) is 0.948. The molecular formula is C20H27N3O4. The molecular weight excluding hydrogens is 346 g/mol. The number of piperidine rings is 1. The van der Waals surface area contributed by atoms with Gasteiger partial charge in [-0.3, -0.25) is 9.59 Å². The number of benzene rings is 1. The molecule has 3 amide bonds. The van der Waals surface area contributed by atoms with Gasteiger partial charge < -0.3 is 19.9 Å². The topological polar surface area (TPSA) is 79.0 Å². The van der Waals surface area contributed by atoms with E-state index in [4.69, 9.17) is 4.74 Å². The van der Waals surface area contributed by atoms with E-state index in [1.54, 1.807) is 11.8 Å². The molecule has 2 heterocycles. The van der Waals surface area contributed by atoms with Crippen molar-refractivity contribution in [1.29, 1.82) is 0 Å². The molecule has 146 valence electrons. The van der Waals surface area contributed by atoms with Gasteiger partial charge in [0.15, 0.2) is 0 Å². The zero-order valence-electron chi connectivity index (χ0n) is 15.7. The van der Waals surface area contributed by atoms with Crippen LogP contribution in [0.25, 0.3) is 0 Å². The zero-order chi connectivity index (χ0) is 19.2. The summed E-state index contributed by atoms with van der Waals surface area (Å²) in [6.45, 7) is 4.23. The van der Waals surface area contributed by atoms with Crippen LogP contribution in [0.5, 0.6) is 0 Å². The number of hydrogen-bond acceptors (Lipinski definition) is 4. The van der Waals surface area contributed by atoms with Crippen molar-refractivity contribution >= 4 is 17.9 Å². The lowest BCUT2D eigenvalue weighted by molar-refractivity contribution is -0.136. The van der Waals surface area contributed by atoms with Crippen molar-refractivity contribution in [2.75, 3.05) is 26.2 Å². The van der Waals surface area contributed by atoms with Gasteiger partial charge in [-0.25, -0.2) is 4.79 Å². The van der Waals surface area contributed by atoms with E-state index in [-0.39, 0.29) is 30.4 Å². The molecule has 2 saturated heterocycles. The average Bonchev–Trinajstić information content (AvgIpc) is 3.18. The number of rotatable bonds is 4. The summed E-state index contributed by atoms with van der Waals surface area (Å²) < 4.78 is 5.25. The number of amides is 3. The number of carbonyl (C=O) groups is 3. The van der Waals surface area contributed by atoms with Crippen LogP contribution in [0.1, 0.15) is 31.7 Å². The molecule has 7 heteroatoms. The van der Waals surface area contributed by atoms with Crippen LogP contribution in [0.3, 0.4) is 0 Å². The van der Waals surface area contributed by atoms with Crippen molar-refractivity contribution in [3.8, 4) is 0 Å². The number of hydrogen-bond donors (Lipinski definition) is 1. The number of carbonyl (C=O) groups excluding carboxylic acids is 3. The predicted octanol–water partition coefficient (Wildman–Crippen LogP) is 1.77. The van der Waals surface area contributed by atoms with Crippen molar-refractivity contribution < 1.29 is 19.1 Å². The summed E-state index contributed by atoms with van der Waals surface area (Å²) in [6, 6.07) is 9.57. The van der Waals surface area contributed by atoms with Crippen molar-refractivity contribution in [1.82, 2.24) is 15.1 Å². The predicted molar refractivity (Wildman–Crippen MR) is 99.7 cm³/mol. The molecule has 1 N–H and O–H groups in total. The minimum atomic E-state index is -0.420. The first-order valence-corrected chi connectivity index (χ1v) is 9.54. The second-order valence-electron chi connectivity index (χ2n) is 7.26. The van der Waals surface area contributed by atoms with Crippen molar-refractivity contribution in [3.05, 3.63) is 35.9 Å². The highest BCUT2D eigenvalue weighted by Gasteiger charge is 2.34. The Bertz CT molecular complexity index is 671. The zero-order valence-corrected chi connectivity index (χ0v) is 15.7. The smallest absolute Gasteiger partial charge is 0.407 e. The van der Waals surface area contributed by atoms with Crippen LogP contribution < -0.4 is 5.32 Å². The van der Waals surface area contributed by atoms with Crippen LogP contribution in [-0.4, -0.2) is 59.9 Å². The van der Waals surface area contributed by atoms with E-state index in [1.807, 2.05) is 35.2 Å². The summed E-state index contributed by atoms with van der Waals surface area (Å²) in [4.78, 5) is 39.6. The molecule has 2 fully saturated rings. The summed E-state index contributed by atoms with van der Waals surface area (Å²) in [5.74, 6) is 0.0697. The van der Waals surface area contributed by atoms with Crippen LogP contribution in [0, 0.1) is 5.92 Å². The summed E-state index contributed by atoms with van der Waals surface area (Å²) in [5, 5.41) is 2.89. The van der Waals surface area contributed by atoms with E-state index >= 15 is 0 Å². The number of nitrogens with one attached hydrogen (secondary N) is 1. The van der Waals surface area contributed by atoms with Crippen LogP contribution in [0.4, 0.5) is 4.79 Å². The van der Waals surface area contributed by atoms with Crippen molar-refractivity contribution in [3.63, 3.8) is 0 Å². The lowest BCUT2D eigenvalue weighted by atomic mass is 10.0. The number of likely N-dealkylation sites (tertiary alicyclic amines) is 2. The summed E-state index contributed by atoms with van der Waals surface area (Å²) in [6.07, 6.45) is 1.75. The second kappa shape index (κ2) is 8.88. The lowest BCUT2D eigenvalue weighted by Gasteiger charge is -2.33. The van der Waals surface area contributed by atoms with Crippen LogP contribution in [-0.2, 0) is 20.9 Å². The molecule has 1 aromatic carbocycles. The molecule has 0 bridgehead atoms. The van der Waals surface area contributed by atoms with Gasteiger partial charge in [-0.15, -0.1) is 0 Å². The minimum Gasteiger partial charge on any atom is -0.445 e. The summed E-state index contributed by atoms with van der Waals surface area (Å²) >= 11 is 0. The van der Waals surface area contributed by atoms with Gasteiger partial charge >= 0.3 is 6.09 Å². The first-order chi connectivity index (χ1) is 13.0. The minimum absolute atomic E-state index is 0.0228. The molecule has 7 nitrogen and oxygen atoms in total. The van der Waals surface area contributed by atoms with Gasteiger partial charge in [0.1, 0.15) is 6.61 Å². The maximum Gasteiger partial charge on any atom is 0.407 e. The van der Waals surface area contributed by atoms with Crippen LogP contribution in [0.2, 0.25) is 0 Å². The fraction of sp³-hybridized carbons (Fsp3) is 0.550. The standard InChI is InChI=1S/C20H27N3O4/c1-15(24)23-10-7-17(13-23)19(25)22-11-8-18(9-12-22)21-20(26)27-14-16-5-3-2-4-6-16/h2-6,17-18H,7-14H2,1H3,(H,21,26). The van der Waals surface area contributed by atoms with Gasteiger partial charge in [0.05, 0.1) is 5.92 Å². The molecule has 0 saturated carbocycles. The van der Waals surface area contributed by atoms with Crippen LogP contribution in [0.15, 0.2) is 30.3 Å². The molecule has 0 aliphatic carbocycles. The highest BCUT2D eigenvalue weighted by Crippen LogP contribution is 2.21. The Labute approximate surface area is 159 Å². The molecule has 3 rings (SSSR count). The molecule has 1 aromatic rings. The van der Waals surface area contributed by atoms with E-state index < -0.39 is 6.09 Å². The molecule has 0 radical (unpaired) electrons.